The Morgan fingerprint density at radius 1 is 1.23 bits per heavy atom. The van der Waals surface area contributed by atoms with Gasteiger partial charge in [-0.1, -0.05) is 30.3 Å². The summed E-state index contributed by atoms with van der Waals surface area (Å²) in [5, 5.41) is 12.2. The second-order valence-corrected chi connectivity index (χ2v) is 6.56. The van der Waals surface area contributed by atoms with Crippen LogP contribution in [0, 0.1) is 6.92 Å². The van der Waals surface area contributed by atoms with Crippen LogP contribution in [0.2, 0.25) is 0 Å². The third-order valence-corrected chi connectivity index (χ3v) is 4.51. The fourth-order valence-electron chi connectivity index (χ4n) is 3.10. The second kappa shape index (κ2) is 11.8. The van der Waals surface area contributed by atoms with Crippen LogP contribution >= 0.6 is 0 Å². The van der Waals surface area contributed by atoms with E-state index in [1.165, 1.54) is 7.05 Å². The zero-order chi connectivity index (χ0) is 22.8. The minimum absolute atomic E-state index is 0.300. The predicted octanol–water partition coefficient (Wildman–Crippen LogP) is 2.37. The maximum atomic E-state index is 12.6. The highest BCUT2D eigenvalue weighted by Crippen LogP contribution is 2.31. The number of carbonyl (C=O) groups excluding carboxylic acids is 2. The zero-order valence-corrected chi connectivity index (χ0v) is 17.8. The lowest BCUT2D eigenvalue weighted by atomic mass is 10.1. The van der Waals surface area contributed by atoms with Crippen LogP contribution in [0.1, 0.15) is 27.8 Å². The number of aldehydes is 1. The van der Waals surface area contributed by atoms with Crippen LogP contribution in [0.25, 0.3) is 11.0 Å². The molecule has 8 nitrogen and oxygen atoms in total. The van der Waals surface area contributed by atoms with Crippen LogP contribution in [0.4, 0.5) is 0 Å². The number of nitrogens with two attached hydrogens (primary N) is 1. The molecule has 0 aliphatic heterocycles. The lowest BCUT2D eigenvalue weighted by Crippen LogP contribution is -2.38. The summed E-state index contributed by atoms with van der Waals surface area (Å²) >= 11 is 0. The quantitative estimate of drug-likeness (QED) is 0.447. The van der Waals surface area contributed by atoms with E-state index < -0.39 is 18.6 Å². The normalized spacial score (nSPS) is 12.4. The number of hydrogen-bond donors (Lipinski definition) is 3. The Morgan fingerprint density at radius 3 is 2.55 bits per heavy atom. The van der Waals surface area contributed by atoms with Crippen molar-refractivity contribution in [1.82, 2.24) is 5.32 Å². The summed E-state index contributed by atoms with van der Waals surface area (Å²) in [4.78, 5) is 23.6. The van der Waals surface area contributed by atoms with Gasteiger partial charge in [-0.05, 0) is 37.7 Å². The zero-order valence-electron chi connectivity index (χ0n) is 17.8. The van der Waals surface area contributed by atoms with E-state index in [2.05, 4.69) is 11.1 Å². The molecule has 166 valence electrons. The van der Waals surface area contributed by atoms with Crippen LogP contribution in [-0.2, 0) is 9.53 Å². The Bertz CT molecular complexity index is 986. The first-order valence-electron chi connectivity index (χ1n) is 9.75. The van der Waals surface area contributed by atoms with Crippen molar-refractivity contribution < 1.29 is 28.6 Å². The van der Waals surface area contributed by atoms with E-state index in [0.717, 1.165) is 5.56 Å². The molecule has 1 amide bonds. The fraction of sp³-hybridized carbons (Fsp3) is 0.304. The Hall–Kier alpha value is -3.20. The van der Waals surface area contributed by atoms with Gasteiger partial charge in [0, 0.05) is 12.5 Å². The average Bonchev–Trinajstić information content (AvgIpc) is 3.14. The molecule has 0 spiro atoms. The molecule has 0 aliphatic carbocycles. The summed E-state index contributed by atoms with van der Waals surface area (Å²) in [6.07, 6.45) is 0.164. The molecule has 2 atom stereocenters. The molecular formula is C23H28N2O6. The van der Waals surface area contributed by atoms with Crippen molar-refractivity contribution in [2.45, 2.75) is 19.1 Å². The monoisotopic (exact) mass is 428 g/mol. The van der Waals surface area contributed by atoms with Crippen LogP contribution in [-0.4, -0.2) is 50.7 Å². The molecule has 1 aromatic heterocycles. The van der Waals surface area contributed by atoms with Gasteiger partial charge >= 0.3 is 0 Å². The number of aliphatic hydroxyl groups excluding tert-OH is 1. The summed E-state index contributed by atoms with van der Waals surface area (Å²) in [5.74, 6) is 0.460. The number of rotatable bonds is 9. The molecule has 0 saturated carbocycles. The third kappa shape index (κ3) is 5.91. The highest BCUT2D eigenvalue weighted by molar-refractivity contribution is 6.08. The minimum Gasteiger partial charge on any atom is -0.483 e. The van der Waals surface area contributed by atoms with E-state index in [1.807, 2.05) is 30.3 Å². The number of furan rings is 1. The number of hydrogen-bond acceptors (Lipinski definition) is 7. The number of aryl methyl sites for hydroxylation is 1. The standard InChI is InChI=1S/C22H23NO6.CH5N/c1-14-21(22(26)23-16(11-24)12-25)18-10-17(8-9-19(18)28-14)29-20(13-27-2)15-6-4-3-5-7-15;1-2/h3-11,16,20,25H,12-13H2,1-2H3,(H,23,26);2H2,1H3. The first kappa shape index (κ1) is 24.1. The Kier molecular flexibility index (Phi) is 9.20. The number of nitrogens with one attached hydrogen (secondary N) is 1. The third-order valence-electron chi connectivity index (χ3n) is 4.51. The maximum absolute atomic E-state index is 12.6. The van der Waals surface area contributed by atoms with Gasteiger partial charge in [0.25, 0.3) is 5.91 Å². The molecule has 3 aromatic rings. The van der Waals surface area contributed by atoms with Gasteiger partial charge in [0.15, 0.2) is 0 Å². The molecular weight excluding hydrogens is 400 g/mol. The second-order valence-electron chi connectivity index (χ2n) is 6.56. The number of methoxy groups -OCH3 is 1. The first-order chi connectivity index (χ1) is 15.1. The highest BCUT2D eigenvalue weighted by Gasteiger charge is 2.22. The lowest BCUT2D eigenvalue weighted by molar-refractivity contribution is -0.110. The van der Waals surface area contributed by atoms with Crippen molar-refractivity contribution >= 4 is 23.2 Å². The molecule has 0 fully saturated rings. The van der Waals surface area contributed by atoms with Crippen molar-refractivity contribution in [2.75, 3.05) is 27.4 Å². The van der Waals surface area contributed by atoms with Gasteiger partial charge in [-0.15, -0.1) is 0 Å². The van der Waals surface area contributed by atoms with Gasteiger partial charge < -0.3 is 34.8 Å². The van der Waals surface area contributed by atoms with Crippen molar-refractivity contribution in [3.05, 3.63) is 65.4 Å². The van der Waals surface area contributed by atoms with Crippen molar-refractivity contribution in [3.8, 4) is 5.75 Å². The summed E-state index contributed by atoms with van der Waals surface area (Å²) in [7, 11) is 3.11. The molecule has 2 aromatic carbocycles. The molecule has 31 heavy (non-hydrogen) atoms. The maximum Gasteiger partial charge on any atom is 0.256 e. The van der Waals surface area contributed by atoms with E-state index >= 15 is 0 Å². The van der Waals surface area contributed by atoms with Crippen LogP contribution < -0.4 is 15.8 Å². The van der Waals surface area contributed by atoms with E-state index in [0.29, 0.717) is 40.9 Å². The van der Waals surface area contributed by atoms with Gasteiger partial charge in [0.2, 0.25) is 0 Å². The van der Waals surface area contributed by atoms with Gasteiger partial charge in [0.05, 0.1) is 18.8 Å². The predicted molar refractivity (Wildman–Crippen MR) is 117 cm³/mol. The van der Waals surface area contributed by atoms with Crippen LogP contribution in [0.5, 0.6) is 5.75 Å². The lowest BCUT2D eigenvalue weighted by Gasteiger charge is -2.19. The SMILES string of the molecule is CN.COCC(Oc1ccc2oc(C)c(C(=O)NC(C=O)CO)c2c1)c1ccccc1. The van der Waals surface area contributed by atoms with Crippen molar-refractivity contribution in [1.29, 1.82) is 0 Å². The number of ether oxygens (including phenoxy) is 2. The van der Waals surface area contributed by atoms with Gasteiger partial charge in [-0.3, -0.25) is 4.79 Å². The van der Waals surface area contributed by atoms with Crippen LogP contribution in [0.15, 0.2) is 52.9 Å². The fourth-order valence-corrected chi connectivity index (χ4v) is 3.10. The highest BCUT2D eigenvalue weighted by atomic mass is 16.5. The molecule has 8 heteroatoms. The smallest absolute Gasteiger partial charge is 0.256 e. The molecule has 2 unspecified atom stereocenters. The largest absolute Gasteiger partial charge is 0.483 e. The number of amides is 1. The Morgan fingerprint density at radius 2 is 1.94 bits per heavy atom. The number of fused-ring (bicyclic) bond motifs is 1. The summed E-state index contributed by atoms with van der Waals surface area (Å²) in [6.45, 7) is 1.55. The molecule has 0 saturated heterocycles. The Labute approximate surface area is 180 Å². The van der Waals surface area contributed by atoms with Crippen molar-refractivity contribution in [3.63, 3.8) is 0 Å². The minimum atomic E-state index is -0.976. The molecule has 3 rings (SSSR count). The topological polar surface area (TPSA) is 124 Å². The molecule has 0 bridgehead atoms. The van der Waals surface area contributed by atoms with E-state index in [-0.39, 0.29) is 6.10 Å². The van der Waals surface area contributed by atoms with E-state index in [9.17, 15) is 9.59 Å². The van der Waals surface area contributed by atoms with Crippen LogP contribution in [0.3, 0.4) is 0 Å². The van der Waals surface area contributed by atoms with E-state index in [1.54, 1.807) is 32.2 Å². The average molecular weight is 428 g/mol. The molecule has 4 N–H and O–H groups in total. The summed E-state index contributed by atoms with van der Waals surface area (Å²) < 4.78 is 17.1. The molecule has 0 radical (unpaired) electrons. The number of carbonyl (C=O) groups is 2. The summed E-state index contributed by atoms with van der Waals surface area (Å²) in [6, 6.07) is 13.9. The van der Waals surface area contributed by atoms with Crippen molar-refractivity contribution in [2.24, 2.45) is 5.73 Å². The van der Waals surface area contributed by atoms with Gasteiger partial charge in [-0.25, -0.2) is 0 Å². The van der Waals surface area contributed by atoms with Gasteiger partial charge in [-0.2, -0.15) is 0 Å². The van der Waals surface area contributed by atoms with Gasteiger partial charge in [0.1, 0.15) is 35.5 Å². The summed E-state index contributed by atoms with van der Waals surface area (Å²) in [5.41, 5.74) is 6.29. The Balaban J connectivity index is 0.00000166. The molecule has 0 aliphatic rings. The van der Waals surface area contributed by atoms with E-state index in [4.69, 9.17) is 19.0 Å². The first-order valence-corrected chi connectivity index (χ1v) is 9.75. The number of benzene rings is 2. The number of aliphatic hydroxyl groups is 1. The molecule has 1 heterocycles.